The minimum Gasteiger partial charge on any atom is -0.301 e. The number of nitrogens with zero attached hydrogens (tertiary/aromatic N) is 3. The molecule has 20 heavy (non-hydrogen) atoms. The van der Waals surface area contributed by atoms with E-state index in [0.717, 1.165) is 32.5 Å². The first-order valence-electron chi connectivity index (χ1n) is 8.09. The van der Waals surface area contributed by atoms with Gasteiger partial charge in [-0.15, -0.1) is 0 Å². The zero-order valence-electron chi connectivity index (χ0n) is 13.5. The second-order valence-corrected chi connectivity index (χ2v) is 7.07. The molecule has 0 aromatic carbocycles. The first kappa shape index (κ1) is 15.8. The van der Waals surface area contributed by atoms with Crippen molar-refractivity contribution in [2.45, 2.75) is 70.1 Å². The molecule has 1 aliphatic carbocycles. The van der Waals surface area contributed by atoms with Gasteiger partial charge < -0.3 is 4.90 Å². The van der Waals surface area contributed by atoms with Crippen molar-refractivity contribution in [1.29, 1.82) is 5.26 Å². The third-order valence-corrected chi connectivity index (χ3v) is 5.01. The highest BCUT2D eigenvalue weighted by Gasteiger charge is 2.39. The standard InChI is InChI=1S/C16H30N4/c1-13(2)18-16(12-17)7-5-6-15(10-16)20-9-8-19(4)14(3)11-20/h13-15,18H,5-11H2,1-4H3. The maximum absolute atomic E-state index is 9.66. The molecule has 0 bridgehead atoms. The lowest BCUT2D eigenvalue weighted by atomic mass is 9.78. The van der Waals surface area contributed by atoms with Gasteiger partial charge in [-0.05, 0) is 53.5 Å². The smallest absolute Gasteiger partial charge is 0.108 e. The average Bonchev–Trinajstić information content (AvgIpc) is 2.41. The summed E-state index contributed by atoms with van der Waals surface area (Å²) in [4.78, 5) is 5.06. The van der Waals surface area contributed by atoms with E-state index >= 15 is 0 Å². The molecule has 4 heteroatoms. The Bertz CT molecular complexity index is 362. The van der Waals surface area contributed by atoms with E-state index in [9.17, 15) is 5.26 Å². The molecule has 3 unspecified atom stereocenters. The van der Waals surface area contributed by atoms with Crippen LogP contribution in [-0.2, 0) is 0 Å². The summed E-state index contributed by atoms with van der Waals surface area (Å²) < 4.78 is 0. The summed E-state index contributed by atoms with van der Waals surface area (Å²) in [5.41, 5.74) is -0.302. The lowest BCUT2D eigenvalue weighted by Gasteiger charge is -2.46. The molecule has 0 aromatic heterocycles. The van der Waals surface area contributed by atoms with Crippen LogP contribution in [0.3, 0.4) is 0 Å². The monoisotopic (exact) mass is 278 g/mol. The number of nitrogens with one attached hydrogen (secondary N) is 1. The topological polar surface area (TPSA) is 42.3 Å². The maximum atomic E-state index is 9.66. The van der Waals surface area contributed by atoms with Crippen molar-refractivity contribution in [2.75, 3.05) is 26.7 Å². The van der Waals surface area contributed by atoms with Crippen molar-refractivity contribution >= 4 is 0 Å². The molecule has 0 spiro atoms. The summed E-state index contributed by atoms with van der Waals surface area (Å²) in [6, 6.07) is 4.16. The van der Waals surface area contributed by atoms with Gasteiger partial charge in [0.15, 0.2) is 0 Å². The van der Waals surface area contributed by atoms with E-state index in [4.69, 9.17) is 0 Å². The number of hydrogen-bond donors (Lipinski definition) is 1. The summed E-state index contributed by atoms with van der Waals surface area (Å²) >= 11 is 0. The van der Waals surface area contributed by atoms with Crippen molar-refractivity contribution < 1.29 is 0 Å². The number of likely N-dealkylation sites (N-methyl/N-ethyl adjacent to an activating group) is 1. The van der Waals surface area contributed by atoms with Crippen LogP contribution in [0.5, 0.6) is 0 Å². The molecule has 2 fully saturated rings. The second-order valence-electron chi connectivity index (χ2n) is 7.07. The van der Waals surface area contributed by atoms with Gasteiger partial charge in [0.25, 0.3) is 0 Å². The predicted octanol–water partition coefficient (Wildman–Crippen LogP) is 1.83. The molecule has 1 aliphatic heterocycles. The Balaban J connectivity index is 2.01. The minimum absolute atomic E-state index is 0.302. The van der Waals surface area contributed by atoms with Crippen molar-refractivity contribution in [1.82, 2.24) is 15.1 Å². The fourth-order valence-electron chi connectivity index (χ4n) is 3.78. The Morgan fingerprint density at radius 3 is 2.70 bits per heavy atom. The summed E-state index contributed by atoms with van der Waals surface area (Å²) in [5, 5.41) is 13.2. The Labute approximate surface area is 124 Å². The fraction of sp³-hybridized carbons (Fsp3) is 0.938. The fourth-order valence-corrected chi connectivity index (χ4v) is 3.78. The second kappa shape index (κ2) is 6.43. The van der Waals surface area contributed by atoms with Gasteiger partial charge in [-0.25, -0.2) is 0 Å². The lowest BCUT2D eigenvalue weighted by Crippen LogP contribution is -2.59. The minimum atomic E-state index is -0.302. The van der Waals surface area contributed by atoms with Gasteiger partial charge in [0, 0.05) is 37.8 Å². The van der Waals surface area contributed by atoms with E-state index < -0.39 is 0 Å². The lowest BCUT2D eigenvalue weighted by molar-refractivity contribution is 0.0433. The van der Waals surface area contributed by atoms with Crippen molar-refractivity contribution in [3.05, 3.63) is 0 Å². The molecular formula is C16H30N4. The van der Waals surface area contributed by atoms with Crippen LogP contribution in [0.15, 0.2) is 0 Å². The van der Waals surface area contributed by atoms with E-state index in [1.165, 1.54) is 12.8 Å². The van der Waals surface area contributed by atoms with Crippen LogP contribution in [0.2, 0.25) is 0 Å². The highest BCUT2D eigenvalue weighted by Crippen LogP contribution is 2.32. The highest BCUT2D eigenvalue weighted by atomic mass is 15.3. The van der Waals surface area contributed by atoms with Crippen LogP contribution in [0.1, 0.15) is 46.5 Å². The maximum Gasteiger partial charge on any atom is 0.108 e. The van der Waals surface area contributed by atoms with Crippen LogP contribution in [0.25, 0.3) is 0 Å². The molecule has 1 saturated heterocycles. The van der Waals surface area contributed by atoms with Crippen LogP contribution in [0, 0.1) is 11.3 Å². The predicted molar refractivity (Wildman–Crippen MR) is 82.5 cm³/mol. The Morgan fingerprint density at radius 2 is 2.10 bits per heavy atom. The number of piperazine rings is 1. The molecule has 2 aliphatic rings. The molecule has 0 aromatic rings. The number of rotatable bonds is 3. The van der Waals surface area contributed by atoms with Crippen LogP contribution in [0.4, 0.5) is 0 Å². The van der Waals surface area contributed by atoms with Gasteiger partial charge >= 0.3 is 0 Å². The molecule has 2 rings (SSSR count). The average molecular weight is 278 g/mol. The van der Waals surface area contributed by atoms with E-state index in [-0.39, 0.29) is 5.54 Å². The Morgan fingerprint density at radius 1 is 1.35 bits per heavy atom. The first-order valence-corrected chi connectivity index (χ1v) is 8.09. The summed E-state index contributed by atoms with van der Waals surface area (Å²) in [5.74, 6) is 0. The molecule has 3 atom stereocenters. The zero-order valence-corrected chi connectivity index (χ0v) is 13.5. The van der Waals surface area contributed by atoms with Crippen LogP contribution >= 0.6 is 0 Å². The van der Waals surface area contributed by atoms with Crippen LogP contribution in [-0.4, -0.2) is 60.1 Å². The van der Waals surface area contributed by atoms with Gasteiger partial charge in [-0.3, -0.25) is 10.2 Å². The Hall–Kier alpha value is -0.630. The summed E-state index contributed by atoms with van der Waals surface area (Å²) in [7, 11) is 2.21. The zero-order chi connectivity index (χ0) is 14.8. The molecule has 0 radical (unpaired) electrons. The van der Waals surface area contributed by atoms with Gasteiger partial charge in [0.05, 0.1) is 6.07 Å². The molecule has 1 N–H and O–H groups in total. The quantitative estimate of drug-likeness (QED) is 0.855. The van der Waals surface area contributed by atoms with Gasteiger partial charge in [-0.2, -0.15) is 5.26 Å². The van der Waals surface area contributed by atoms with E-state index in [1.807, 2.05) is 0 Å². The SMILES string of the molecule is CC(C)NC1(C#N)CCCC(N2CCN(C)C(C)C2)C1. The van der Waals surface area contributed by atoms with Crippen molar-refractivity contribution in [2.24, 2.45) is 0 Å². The van der Waals surface area contributed by atoms with Crippen molar-refractivity contribution in [3.63, 3.8) is 0 Å². The number of nitriles is 1. The highest BCUT2D eigenvalue weighted by molar-refractivity contribution is 5.12. The largest absolute Gasteiger partial charge is 0.301 e. The van der Waals surface area contributed by atoms with E-state index in [1.54, 1.807) is 0 Å². The molecule has 1 heterocycles. The summed E-state index contributed by atoms with van der Waals surface area (Å²) in [6.45, 7) is 10.0. The van der Waals surface area contributed by atoms with E-state index in [2.05, 4.69) is 49.0 Å². The first-order chi connectivity index (χ1) is 9.46. The van der Waals surface area contributed by atoms with Crippen LogP contribution < -0.4 is 5.32 Å². The third-order valence-electron chi connectivity index (χ3n) is 5.01. The summed E-state index contributed by atoms with van der Waals surface area (Å²) in [6.07, 6.45) is 4.40. The van der Waals surface area contributed by atoms with Crippen molar-refractivity contribution in [3.8, 4) is 6.07 Å². The molecule has 4 nitrogen and oxygen atoms in total. The number of hydrogen-bond acceptors (Lipinski definition) is 4. The molecule has 0 amide bonds. The third kappa shape index (κ3) is 3.52. The van der Waals surface area contributed by atoms with Gasteiger partial charge in [-0.1, -0.05) is 0 Å². The molecule has 114 valence electrons. The Kier molecular flexibility index (Phi) is 5.06. The van der Waals surface area contributed by atoms with Gasteiger partial charge in [0.1, 0.15) is 5.54 Å². The normalized spacial score (nSPS) is 37.0. The van der Waals surface area contributed by atoms with Gasteiger partial charge in [0.2, 0.25) is 0 Å². The molecular weight excluding hydrogens is 248 g/mol. The molecule has 1 saturated carbocycles. The van der Waals surface area contributed by atoms with E-state index in [0.29, 0.717) is 18.1 Å².